The molecule has 2 nitrogen and oxygen atoms in total. The normalized spacial score (nSPS) is 19.5. The highest BCUT2D eigenvalue weighted by Gasteiger charge is 2.44. The molecule has 0 unspecified atom stereocenters. The van der Waals surface area contributed by atoms with E-state index < -0.39 is 0 Å². The van der Waals surface area contributed by atoms with Crippen molar-refractivity contribution in [1.29, 1.82) is 0 Å². The van der Waals surface area contributed by atoms with Gasteiger partial charge in [-0.1, -0.05) is 17.7 Å². The number of para-hydroxylation sites is 1. The van der Waals surface area contributed by atoms with E-state index in [2.05, 4.69) is 9.55 Å². The summed E-state index contributed by atoms with van der Waals surface area (Å²) in [6, 6.07) is 6.52. The Morgan fingerprint density at radius 2 is 1.89 bits per heavy atom. The Kier molecular flexibility index (Phi) is 2.78. The number of fused-ring (bicyclic) bond motifs is 1. The van der Waals surface area contributed by atoms with Crippen LogP contribution in [-0.2, 0) is 5.88 Å². The van der Waals surface area contributed by atoms with Crippen LogP contribution >= 0.6 is 23.2 Å². The van der Waals surface area contributed by atoms with Crippen molar-refractivity contribution < 1.29 is 0 Å². The van der Waals surface area contributed by atoms with E-state index in [9.17, 15) is 0 Å². The van der Waals surface area contributed by atoms with Gasteiger partial charge in [-0.2, -0.15) is 0 Å². The van der Waals surface area contributed by atoms with Crippen LogP contribution in [-0.4, -0.2) is 9.55 Å². The molecule has 2 aliphatic carbocycles. The van der Waals surface area contributed by atoms with Crippen LogP contribution in [0.2, 0.25) is 5.02 Å². The van der Waals surface area contributed by atoms with Crippen LogP contribution in [0.25, 0.3) is 11.0 Å². The zero-order chi connectivity index (χ0) is 13.0. The molecule has 19 heavy (non-hydrogen) atoms. The average molecular weight is 295 g/mol. The lowest BCUT2D eigenvalue weighted by Crippen LogP contribution is -2.16. The molecule has 0 aliphatic heterocycles. The summed E-state index contributed by atoms with van der Waals surface area (Å²) in [4.78, 5) is 4.68. The highest BCUT2D eigenvalue weighted by Crippen LogP contribution is 2.53. The molecule has 2 aromatic rings. The quantitative estimate of drug-likeness (QED) is 0.741. The molecule has 2 fully saturated rings. The Hall–Kier alpha value is -0.730. The Balaban J connectivity index is 1.94. The number of aromatic nitrogens is 2. The SMILES string of the molecule is ClCc1nc2cccc(Cl)c2n1C(C1CC1)C1CC1. The molecule has 0 N–H and O–H groups in total. The van der Waals surface area contributed by atoms with Crippen molar-refractivity contribution >= 4 is 34.2 Å². The number of hydrogen-bond donors (Lipinski definition) is 0. The fourth-order valence-electron chi connectivity index (χ4n) is 3.25. The molecular weight excluding hydrogens is 279 g/mol. The predicted molar refractivity (Wildman–Crippen MR) is 78.8 cm³/mol. The van der Waals surface area contributed by atoms with Gasteiger partial charge in [-0.15, -0.1) is 11.6 Å². The van der Waals surface area contributed by atoms with Crippen molar-refractivity contribution in [3.8, 4) is 0 Å². The van der Waals surface area contributed by atoms with Crippen molar-refractivity contribution in [2.75, 3.05) is 0 Å². The number of imidazole rings is 1. The summed E-state index contributed by atoms with van der Waals surface area (Å²) in [6.07, 6.45) is 5.36. The molecule has 100 valence electrons. The van der Waals surface area contributed by atoms with Crippen molar-refractivity contribution in [3.63, 3.8) is 0 Å². The van der Waals surface area contributed by atoms with E-state index in [1.165, 1.54) is 25.7 Å². The van der Waals surface area contributed by atoms with Gasteiger partial charge < -0.3 is 4.57 Å². The van der Waals surface area contributed by atoms with Gasteiger partial charge in [-0.3, -0.25) is 0 Å². The van der Waals surface area contributed by atoms with E-state index in [1.807, 2.05) is 18.2 Å². The first-order valence-corrected chi connectivity index (χ1v) is 7.92. The fraction of sp³-hybridized carbons (Fsp3) is 0.533. The molecule has 1 heterocycles. The lowest BCUT2D eigenvalue weighted by molar-refractivity contribution is 0.396. The molecule has 2 aliphatic rings. The number of rotatable bonds is 4. The van der Waals surface area contributed by atoms with Crippen LogP contribution in [0.15, 0.2) is 18.2 Å². The highest BCUT2D eigenvalue weighted by atomic mass is 35.5. The number of nitrogens with zero attached hydrogens (tertiary/aromatic N) is 2. The average Bonchev–Trinajstić information content (AvgIpc) is 3.29. The zero-order valence-corrected chi connectivity index (χ0v) is 12.2. The van der Waals surface area contributed by atoms with E-state index in [0.29, 0.717) is 11.9 Å². The largest absolute Gasteiger partial charge is 0.322 e. The summed E-state index contributed by atoms with van der Waals surface area (Å²) in [5, 5.41) is 0.799. The number of alkyl halides is 1. The second-order valence-electron chi connectivity index (χ2n) is 5.80. The third-order valence-corrected chi connectivity index (χ3v) is 4.91. The third-order valence-electron chi connectivity index (χ3n) is 4.36. The van der Waals surface area contributed by atoms with Crippen molar-refractivity contribution in [1.82, 2.24) is 9.55 Å². The van der Waals surface area contributed by atoms with Gasteiger partial charge in [0.25, 0.3) is 0 Å². The summed E-state index contributed by atoms with van der Waals surface area (Å²) >= 11 is 12.5. The molecule has 0 saturated heterocycles. The van der Waals surface area contributed by atoms with Crippen LogP contribution in [0.3, 0.4) is 0 Å². The zero-order valence-electron chi connectivity index (χ0n) is 10.6. The summed E-state index contributed by atoms with van der Waals surface area (Å²) in [5.41, 5.74) is 2.07. The molecular formula is C15H16Cl2N2. The first-order chi connectivity index (χ1) is 9.29. The number of hydrogen-bond acceptors (Lipinski definition) is 1. The Morgan fingerprint density at radius 3 is 2.47 bits per heavy atom. The maximum atomic E-state index is 6.42. The summed E-state index contributed by atoms with van der Waals surface area (Å²) in [6.45, 7) is 0. The maximum absolute atomic E-state index is 6.42. The van der Waals surface area contributed by atoms with Gasteiger partial charge in [-0.05, 0) is 49.7 Å². The van der Waals surface area contributed by atoms with Gasteiger partial charge in [0.1, 0.15) is 5.82 Å². The topological polar surface area (TPSA) is 17.8 Å². The number of benzene rings is 1. The first-order valence-electron chi connectivity index (χ1n) is 7.01. The third kappa shape index (κ3) is 1.96. The minimum atomic E-state index is 0.459. The van der Waals surface area contributed by atoms with E-state index in [-0.39, 0.29) is 0 Å². The van der Waals surface area contributed by atoms with Crippen molar-refractivity contribution in [2.45, 2.75) is 37.6 Å². The van der Waals surface area contributed by atoms with Gasteiger partial charge in [-0.25, -0.2) is 4.98 Å². The molecule has 1 aromatic carbocycles. The van der Waals surface area contributed by atoms with Crippen LogP contribution in [0.5, 0.6) is 0 Å². The highest BCUT2D eigenvalue weighted by molar-refractivity contribution is 6.35. The van der Waals surface area contributed by atoms with Gasteiger partial charge in [0.15, 0.2) is 0 Å². The summed E-state index contributed by atoms with van der Waals surface area (Å²) in [5.74, 6) is 3.06. The molecule has 4 heteroatoms. The molecule has 4 rings (SSSR count). The van der Waals surface area contributed by atoms with Crippen molar-refractivity contribution in [3.05, 3.63) is 29.0 Å². The minimum absolute atomic E-state index is 0.459. The van der Waals surface area contributed by atoms with E-state index in [1.54, 1.807) is 0 Å². The smallest absolute Gasteiger partial charge is 0.125 e. The molecule has 0 amide bonds. The maximum Gasteiger partial charge on any atom is 0.125 e. The Morgan fingerprint density at radius 1 is 1.21 bits per heavy atom. The van der Waals surface area contributed by atoms with Crippen LogP contribution in [0.4, 0.5) is 0 Å². The molecule has 0 bridgehead atoms. The Labute approximate surface area is 122 Å². The predicted octanol–water partition coefficient (Wildman–Crippen LogP) is 4.79. The first kappa shape index (κ1) is 12.0. The van der Waals surface area contributed by atoms with Crippen LogP contribution in [0.1, 0.15) is 37.5 Å². The Bertz CT molecular complexity index is 614. The molecule has 0 atom stereocenters. The van der Waals surface area contributed by atoms with E-state index in [4.69, 9.17) is 23.2 Å². The van der Waals surface area contributed by atoms with Crippen LogP contribution in [0, 0.1) is 11.8 Å². The second kappa shape index (κ2) is 4.39. The lowest BCUT2D eigenvalue weighted by Gasteiger charge is -2.21. The van der Waals surface area contributed by atoms with Gasteiger partial charge >= 0.3 is 0 Å². The van der Waals surface area contributed by atoms with E-state index >= 15 is 0 Å². The van der Waals surface area contributed by atoms with Crippen molar-refractivity contribution in [2.24, 2.45) is 11.8 Å². The van der Waals surface area contributed by atoms with Crippen LogP contribution < -0.4 is 0 Å². The lowest BCUT2D eigenvalue weighted by atomic mass is 10.1. The molecule has 1 aromatic heterocycles. The van der Waals surface area contributed by atoms with Gasteiger partial charge in [0.2, 0.25) is 0 Å². The molecule has 0 spiro atoms. The second-order valence-corrected chi connectivity index (χ2v) is 6.48. The summed E-state index contributed by atoms with van der Waals surface area (Å²) < 4.78 is 2.36. The fourth-order valence-corrected chi connectivity index (χ4v) is 3.70. The van der Waals surface area contributed by atoms with Gasteiger partial charge in [0, 0.05) is 6.04 Å². The van der Waals surface area contributed by atoms with Gasteiger partial charge in [0.05, 0.1) is 21.9 Å². The molecule has 2 saturated carbocycles. The minimum Gasteiger partial charge on any atom is -0.322 e. The van der Waals surface area contributed by atoms with E-state index in [0.717, 1.165) is 33.7 Å². The number of halogens is 2. The standard InChI is InChI=1S/C15H16Cl2N2/c16-8-13-18-12-3-1-2-11(17)15(12)19(13)14(9-4-5-9)10-6-7-10/h1-3,9-10,14H,4-8H2. The monoisotopic (exact) mass is 294 g/mol. The molecule has 0 radical (unpaired) electrons. The summed E-state index contributed by atoms with van der Waals surface area (Å²) in [7, 11) is 0.